The molecular formula is C24H24F2N2O5S. The smallest absolute Gasteiger partial charge is 0.275 e. The second kappa shape index (κ2) is 8.68. The van der Waals surface area contributed by atoms with Crippen LogP contribution < -0.4 is 5.56 Å². The normalized spacial score (nSPS) is 15.6. The van der Waals surface area contributed by atoms with E-state index in [0.29, 0.717) is 28.7 Å². The first-order valence-corrected chi connectivity index (χ1v) is 12.5. The summed E-state index contributed by atoms with van der Waals surface area (Å²) in [7, 11) is -3.48. The molecule has 10 heteroatoms. The molecule has 3 aromatic rings. The van der Waals surface area contributed by atoms with E-state index < -0.39 is 38.7 Å². The number of aromatic nitrogens is 2. The minimum absolute atomic E-state index is 0.0735. The van der Waals surface area contributed by atoms with Crippen molar-refractivity contribution < 1.29 is 27.0 Å². The molecular weight excluding hydrogens is 466 g/mol. The largest absolute Gasteiger partial charge is 0.390 e. The summed E-state index contributed by atoms with van der Waals surface area (Å²) in [5.41, 5.74) is 0.658. The van der Waals surface area contributed by atoms with Crippen molar-refractivity contribution in [3.05, 3.63) is 75.7 Å². The minimum Gasteiger partial charge on any atom is -0.390 e. The number of hydrogen-bond acceptors (Lipinski definition) is 6. The lowest BCUT2D eigenvalue weighted by molar-refractivity contribution is -0.00287. The zero-order valence-electron chi connectivity index (χ0n) is 18.9. The standard InChI is InChI=1S/C24H24F2N2O5S/c1-24(2,30)8-9-33-22-12-18-19(16-6-5-15(11-17(16)22)34(3,31)32)13-27-28(23(18)29)14-4-7-20(25)21(26)10-14/h4-7,10-11,13,22,30H,8-9,12H2,1-3H3. The molecule has 0 radical (unpaired) electrons. The van der Waals surface area contributed by atoms with Gasteiger partial charge in [-0.05, 0) is 55.7 Å². The molecule has 0 saturated carbocycles. The van der Waals surface area contributed by atoms with Gasteiger partial charge < -0.3 is 9.84 Å². The minimum atomic E-state index is -3.48. The van der Waals surface area contributed by atoms with Gasteiger partial charge in [-0.25, -0.2) is 17.2 Å². The summed E-state index contributed by atoms with van der Waals surface area (Å²) >= 11 is 0. The van der Waals surface area contributed by atoms with E-state index in [4.69, 9.17) is 4.74 Å². The number of hydrogen-bond donors (Lipinski definition) is 1. The monoisotopic (exact) mass is 490 g/mol. The summed E-state index contributed by atoms with van der Waals surface area (Å²) in [6, 6.07) is 7.66. The lowest BCUT2D eigenvalue weighted by Crippen LogP contribution is -2.30. The van der Waals surface area contributed by atoms with Crippen molar-refractivity contribution in [3.63, 3.8) is 0 Å². The molecule has 34 heavy (non-hydrogen) atoms. The lowest BCUT2D eigenvalue weighted by Gasteiger charge is -2.29. The Kier molecular flexibility index (Phi) is 6.17. The summed E-state index contributed by atoms with van der Waals surface area (Å²) in [6.45, 7) is 3.47. The third kappa shape index (κ3) is 4.79. The Balaban J connectivity index is 1.83. The first-order chi connectivity index (χ1) is 15.8. The predicted molar refractivity (Wildman–Crippen MR) is 122 cm³/mol. The van der Waals surface area contributed by atoms with Gasteiger partial charge in [-0.2, -0.15) is 9.78 Å². The highest BCUT2D eigenvalue weighted by molar-refractivity contribution is 7.90. The molecule has 4 rings (SSSR count). The number of rotatable bonds is 6. The average molecular weight is 491 g/mol. The van der Waals surface area contributed by atoms with Crippen LogP contribution in [0, 0.1) is 11.6 Å². The topological polar surface area (TPSA) is 98.5 Å². The van der Waals surface area contributed by atoms with Crippen LogP contribution in [0.4, 0.5) is 8.78 Å². The van der Waals surface area contributed by atoms with Crippen molar-refractivity contribution in [2.45, 2.75) is 43.3 Å². The van der Waals surface area contributed by atoms with Crippen LogP contribution >= 0.6 is 0 Å². The van der Waals surface area contributed by atoms with E-state index in [-0.39, 0.29) is 23.6 Å². The fraction of sp³-hybridized carbons (Fsp3) is 0.333. The van der Waals surface area contributed by atoms with Gasteiger partial charge in [0, 0.05) is 29.9 Å². The Labute approximate surface area is 195 Å². The number of ether oxygens (including phenoxy) is 1. The second-order valence-electron chi connectivity index (χ2n) is 9.00. The molecule has 0 aliphatic heterocycles. The maximum Gasteiger partial charge on any atom is 0.275 e. The van der Waals surface area contributed by atoms with Crippen molar-refractivity contribution in [1.29, 1.82) is 0 Å². The summed E-state index contributed by atoms with van der Waals surface area (Å²) in [6.07, 6.45) is 2.35. The van der Waals surface area contributed by atoms with Gasteiger partial charge in [0.25, 0.3) is 5.56 Å². The van der Waals surface area contributed by atoms with Crippen molar-refractivity contribution in [2.75, 3.05) is 12.9 Å². The molecule has 1 atom stereocenters. The molecule has 0 amide bonds. The Morgan fingerprint density at radius 2 is 1.88 bits per heavy atom. The van der Waals surface area contributed by atoms with Gasteiger partial charge in [-0.15, -0.1) is 0 Å². The van der Waals surface area contributed by atoms with Gasteiger partial charge in [-0.3, -0.25) is 4.79 Å². The van der Waals surface area contributed by atoms with E-state index in [9.17, 15) is 27.1 Å². The first kappa shape index (κ1) is 24.2. The fourth-order valence-electron chi connectivity index (χ4n) is 3.90. The maximum absolute atomic E-state index is 13.8. The molecule has 180 valence electrons. The molecule has 1 aliphatic rings. The van der Waals surface area contributed by atoms with E-state index in [2.05, 4.69) is 5.10 Å². The molecule has 7 nitrogen and oxygen atoms in total. The van der Waals surface area contributed by atoms with Crippen LogP contribution in [0.3, 0.4) is 0 Å². The van der Waals surface area contributed by atoms with Crippen molar-refractivity contribution in [2.24, 2.45) is 0 Å². The summed E-state index contributed by atoms with van der Waals surface area (Å²) in [5, 5.41) is 14.2. The quantitative estimate of drug-likeness (QED) is 0.569. The van der Waals surface area contributed by atoms with E-state index in [0.717, 1.165) is 23.1 Å². The van der Waals surface area contributed by atoms with Gasteiger partial charge in [-0.1, -0.05) is 6.07 Å². The molecule has 1 unspecified atom stereocenters. The van der Waals surface area contributed by atoms with Gasteiger partial charge in [0.15, 0.2) is 21.5 Å². The van der Waals surface area contributed by atoms with Gasteiger partial charge in [0.2, 0.25) is 0 Å². The Morgan fingerprint density at radius 1 is 1.15 bits per heavy atom. The molecule has 0 fully saturated rings. The zero-order valence-corrected chi connectivity index (χ0v) is 19.7. The van der Waals surface area contributed by atoms with Gasteiger partial charge >= 0.3 is 0 Å². The number of nitrogens with zero attached hydrogens (tertiary/aromatic N) is 2. The Bertz CT molecular complexity index is 1430. The molecule has 0 spiro atoms. The summed E-state index contributed by atoms with van der Waals surface area (Å²) in [5.74, 6) is -2.14. The number of sulfone groups is 1. The fourth-order valence-corrected chi connectivity index (χ4v) is 4.55. The third-order valence-corrected chi connectivity index (χ3v) is 6.85. The molecule has 0 bridgehead atoms. The molecule has 2 aromatic carbocycles. The molecule has 0 saturated heterocycles. The third-order valence-electron chi connectivity index (χ3n) is 5.74. The Morgan fingerprint density at radius 3 is 2.53 bits per heavy atom. The van der Waals surface area contributed by atoms with Crippen molar-refractivity contribution in [1.82, 2.24) is 9.78 Å². The highest BCUT2D eigenvalue weighted by atomic mass is 32.2. The first-order valence-electron chi connectivity index (χ1n) is 10.6. The molecule has 1 N–H and O–H groups in total. The molecule has 1 heterocycles. The van der Waals surface area contributed by atoms with Crippen LogP contribution in [0.5, 0.6) is 0 Å². The zero-order chi connectivity index (χ0) is 24.8. The number of benzene rings is 2. The maximum atomic E-state index is 13.8. The van der Waals surface area contributed by atoms with Crippen molar-refractivity contribution in [3.8, 4) is 16.8 Å². The number of fused-ring (bicyclic) bond motifs is 3. The SMILES string of the molecule is CC(C)(O)CCOC1Cc2c(cnn(-c3ccc(F)c(F)c3)c2=O)-c2ccc(S(C)(=O)=O)cc21. The van der Waals surface area contributed by atoms with E-state index in [1.165, 1.54) is 24.4 Å². The number of aliphatic hydroxyl groups is 1. The Hall–Kier alpha value is -2.95. The van der Waals surface area contributed by atoms with E-state index in [1.54, 1.807) is 19.9 Å². The van der Waals surface area contributed by atoms with E-state index in [1.807, 2.05) is 0 Å². The van der Waals surface area contributed by atoms with Gasteiger partial charge in [0.1, 0.15) is 0 Å². The predicted octanol–water partition coefficient (Wildman–Crippen LogP) is 3.36. The second-order valence-corrected chi connectivity index (χ2v) is 11.0. The van der Waals surface area contributed by atoms with Crippen LogP contribution in [0.25, 0.3) is 16.8 Å². The highest BCUT2D eigenvalue weighted by Gasteiger charge is 2.30. The molecule has 1 aliphatic carbocycles. The number of halogens is 2. The van der Waals surface area contributed by atoms with Crippen LogP contribution in [0.15, 0.2) is 52.3 Å². The summed E-state index contributed by atoms with van der Waals surface area (Å²) in [4.78, 5) is 13.4. The molecule has 1 aromatic heterocycles. The lowest BCUT2D eigenvalue weighted by atomic mass is 9.85. The van der Waals surface area contributed by atoms with Crippen LogP contribution in [-0.2, 0) is 21.0 Å². The summed E-state index contributed by atoms with van der Waals surface area (Å²) < 4.78 is 58.4. The highest BCUT2D eigenvalue weighted by Crippen LogP contribution is 2.40. The van der Waals surface area contributed by atoms with Crippen LogP contribution in [0.1, 0.15) is 37.5 Å². The van der Waals surface area contributed by atoms with E-state index >= 15 is 0 Å². The van der Waals surface area contributed by atoms with Gasteiger partial charge in [0.05, 0.1) is 35.1 Å². The van der Waals surface area contributed by atoms with Crippen LogP contribution in [0.2, 0.25) is 0 Å². The van der Waals surface area contributed by atoms with Crippen LogP contribution in [-0.4, -0.2) is 41.8 Å². The van der Waals surface area contributed by atoms with Crippen molar-refractivity contribution >= 4 is 9.84 Å². The average Bonchev–Trinajstić information content (AvgIpc) is 2.74.